The summed E-state index contributed by atoms with van der Waals surface area (Å²) in [4.78, 5) is 0. The molecule has 0 aromatic carbocycles. The van der Waals surface area contributed by atoms with Gasteiger partial charge in [-0.2, -0.15) is 11.8 Å². The molecule has 1 rings (SSSR count). The first kappa shape index (κ1) is 12.3. The van der Waals surface area contributed by atoms with Crippen LogP contribution < -0.4 is 11.3 Å². The Bertz CT molecular complexity index is 146. The third kappa shape index (κ3) is 4.67. The fourth-order valence-electron chi connectivity index (χ4n) is 1.76. The second kappa shape index (κ2) is 6.70. The largest absolute Gasteiger partial charge is 0.271 e. The van der Waals surface area contributed by atoms with Crippen molar-refractivity contribution in [1.29, 1.82) is 0 Å². The molecule has 1 unspecified atom stereocenters. The highest BCUT2D eigenvalue weighted by Crippen LogP contribution is 2.30. The van der Waals surface area contributed by atoms with E-state index in [1.807, 2.05) is 11.8 Å². The monoisotopic (exact) mass is 216 g/mol. The average Bonchev–Trinajstić information content (AvgIpc) is 2.07. The van der Waals surface area contributed by atoms with E-state index in [1.165, 1.54) is 37.2 Å². The SMILES string of the molecule is CC(C)CSCC(CC1CCC1)NN. The summed E-state index contributed by atoms with van der Waals surface area (Å²) in [5.41, 5.74) is 2.95. The Morgan fingerprint density at radius 3 is 2.50 bits per heavy atom. The second-order valence-corrected chi connectivity index (χ2v) is 5.90. The minimum absolute atomic E-state index is 0.532. The Kier molecular flexibility index (Phi) is 5.90. The molecule has 84 valence electrons. The van der Waals surface area contributed by atoms with Crippen molar-refractivity contribution < 1.29 is 0 Å². The molecule has 1 fully saturated rings. The van der Waals surface area contributed by atoms with Crippen molar-refractivity contribution in [3.8, 4) is 0 Å². The fourth-order valence-corrected chi connectivity index (χ4v) is 2.89. The zero-order valence-corrected chi connectivity index (χ0v) is 10.3. The topological polar surface area (TPSA) is 38.0 Å². The van der Waals surface area contributed by atoms with Gasteiger partial charge in [-0.25, -0.2) is 0 Å². The third-order valence-electron chi connectivity index (χ3n) is 2.85. The molecule has 0 spiro atoms. The zero-order chi connectivity index (χ0) is 10.4. The number of nitrogens with one attached hydrogen (secondary N) is 1. The van der Waals surface area contributed by atoms with Crippen LogP contribution in [0.5, 0.6) is 0 Å². The Hall–Kier alpha value is 0.270. The fraction of sp³-hybridized carbons (Fsp3) is 1.00. The van der Waals surface area contributed by atoms with Gasteiger partial charge in [-0.3, -0.25) is 11.3 Å². The summed E-state index contributed by atoms with van der Waals surface area (Å²) < 4.78 is 0. The van der Waals surface area contributed by atoms with Gasteiger partial charge in [-0.1, -0.05) is 33.1 Å². The molecule has 14 heavy (non-hydrogen) atoms. The zero-order valence-electron chi connectivity index (χ0n) is 9.46. The highest BCUT2D eigenvalue weighted by atomic mass is 32.2. The van der Waals surface area contributed by atoms with Gasteiger partial charge in [0, 0.05) is 11.8 Å². The van der Waals surface area contributed by atoms with Crippen molar-refractivity contribution in [3.05, 3.63) is 0 Å². The summed E-state index contributed by atoms with van der Waals surface area (Å²) in [6.45, 7) is 4.54. The predicted molar refractivity (Wildman–Crippen MR) is 65.2 cm³/mol. The Morgan fingerprint density at radius 2 is 2.07 bits per heavy atom. The summed E-state index contributed by atoms with van der Waals surface area (Å²) >= 11 is 2.03. The highest BCUT2D eigenvalue weighted by Gasteiger charge is 2.21. The van der Waals surface area contributed by atoms with Gasteiger partial charge in [-0.05, 0) is 24.0 Å². The molecule has 1 saturated carbocycles. The number of rotatable bonds is 7. The summed E-state index contributed by atoms with van der Waals surface area (Å²) in [6, 6.07) is 0.532. The van der Waals surface area contributed by atoms with E-state index in [0.29, 0.717) is 6.04 Å². The first-order chi connectivity index (χ1) is 6.72. The Labute approximate surface area is 92.4 Å². The standard InChI is InChI=1S/C11H24N2S/c1-9(2)7-14-8-11(13-12)6-10-4-3-5-10/h9-11,13H,3-8,12H2,1-2H3. The van der Waals surface area contributed by atoms with Crippen molar-refractivity contribution >= 4 is 11.8 Å². The Balaban J connectivity index is 2.04. The first-order valence-corrected chi connectivity index (χ1v) is 6.91. The molecule has 0 aromatic heterocycles. The van der Waals surface area contributed by atoms with Crippen molar-refractivity contribution in [1.82, 2.24) is 5.43 Å². The summed E-state index contributed by atoms with van der Waals surface area (Å²) in [5, 5.41) is 0. The van der Waals surface area contributed by atoms with Crippen LogP contribution in [0.15, 0.2) is 0 Å². The van der Waals surface area contributed by atoms with Gasteiger partial charge in [0.1, 0.15) is 0 Å². The normalized spacial score (nSPS) is 19.7. The van der Waals surface area contributed by atoms with E-state index in [4.69, 9.17) is 5.84 Å². The van der Waals surface area contributed by atoms with E-state index in [2.05, 4.69) is 19.3 Å². The molecular weight excluding hydrogens is 192 g/mol. The molecular formula is C11H24N2S. The van der Waals surface area contributed by atoms with Crippen LogP contribution in [0.4, 0.5) is 0 Å². The van der Waals surface area contributed by atoms with E-state index >= 15 is 0 Å². The summed E-state index contributed by atoms with van der Waals surface area (Å²) in [6.07, 6.45) is 5.56. The van der Waals surface area contributed by atoms with Crippen LogP contribution in [-0.4, -0.2) is 17.5 Å². The van der Waals surface area contributed by atoms with E-state index in [0.717, 1.165) is 11.8 Å². The van der Waals surface area contributed by atoms with Crippen molar-refractivity contribution in [3.63, 3.8) is 0 Å². The van der Waals surface area contributed by atoms with E-state index in [-0.39, 0.29) is 0 Å². The maximum atomic E-state index is 5.55. The van der Waals surface area contributed by atoms with Crippen LogP contribution in [0, 0.1) is 11.8 Å². The molecule has 3 N–H and O–H groups in total. The predicted octanol–water partition coefficient (Wildman–Crippen LogP) is 2.40. The molecule has 1 aliphatic carbocycles. The van der Waals surface area contributed by atoms with Crippen molar-refractivity contribution in [2.45, 2.75) is 45.6 Å². The number of nitrogens with two attached hydrogens (primary N) is 1. The highest BCUT2D eigenvalue weighted by molar-refractivity contribution is 7.99. The minimum atomic E-state index is 0.532. The summed E-state index contributed by atoms with van der Waals surface area (Å²) in [5.74, 6) is 9.73. The van der Waals surface area contributed by atoms with E-state index in [1.54, 1.807) is 0 Å². The van der Waals surface area contributed by atoms with E-state index in [9.17, 15) is 0 Å². The van der Waals surface area contributed by atoms with Gasteiger partial charge in [-0.15, -0.1) is 0 Å². The van der Waals surface area contributed by atoms with Crippen LogP contribution >= 0.6 is 11.8 Å². The lowest BCUT2D eigenvalue weighted by Crippen LogP contribution is -2.39. The molecule has 0 aromatic rings. The van der Waals surface area contributed by atoms with Gasteiger partial charge in [0.05, 0.1) is 0 Å². The lowest BCUT2D eigenvalue weighted by molar-refractivity contribution is 0.268. The van der Waals surface area contributed by atoms with Crippen molar-refractivity contribution in [2.75, 3.05) is 11.5 Å². The molecule has 0 radical (unpaired) electrons. The van der Waals surface area contributed by atoms with Gasteiger partial charge in [0.25, 0.3) is 0 Å². The molecule has 0 heterocycles. The molecule has 0 bridgehead atoms. The van der Waals surface area contributed by atoms with Crippen LogP contribution in [0.25, 0.3) is 0 Å². The quantitative estimate of drug-likeness (QED) is 0.507. The molecule has 2 nitrogen and oxygen atoms in total. The molecule has 0 aliphatic heterocycles. The molecule has 1 atom stereocenters. The number of hydrogen-bond donors (Lipinski definition) is 2. The lowest BCUT2D eigenvalue weighted by Gasteiger charge is -2.29. The van der Waals surface area contributed by atoms with Crippen LogP contribution in [0.2, 0.25) is 0 Å². The summed E-state index contributed by atoms with van der Waals surface area (Å²) in [7, 11) is 0. The number of hydrogen-bond acceptors (Lipinski definition) is 3. The van der Waals surface area contributed by atoms with Crippen molar-refractivity contribution in [2.24, 2.45) is 17.7 Å². The second-order valence-electron chi connectivity index (χ2n) is 4.83. The number of hydrazine groups is 1. The number of thioether (sulfide) groups is 1. The molecule has 0 saturated heterocycles. The van der Waals surface area contributed by atoms with Crippen LogP contribution in [-0.2, 0) is 0 Å². The molecule has 1 aliphatic rings. The maximum absolute atomic E-state index is 5.55. The molecule has 3 heteroatoms. The average molecular weight is 216 g/mol. The van der Waals surface area contributed by atoms with E-state index < -0.39 is 0 Å². The van der Waals surface area contributed by atoms with Crippen LogP contribution in [0.3, 0.4) is 0 Å². The smallest absolute Gasteiger partial charge is 0.0303 e. The third-order valence-corrected chi connectivity index (χ3v) is 4.39. The Morgan fingerprint density at radius 1 is 1.36 bits per heavy atom. The van der Waals surface area contributed by atoms with Gasteiger partial charge >= 0.3 is 0 Å². The first-order valence-electron chi connectivity index (χ1n) is 5.76. The van der Waals surface area contributed by atoms with Crippen LogP contribution in [0.1, 0.15) is 39.5 Å². The molecule has 0 amide bonds. The van der Waals surface area contributed by atoms with Gasteiger partial charge in [0.2, 0.25) is 0 Å². The van der Waals surface area contributed by atoms with Gasteiger partial charge in [0.15, 0.2) is 0 Å². The maximum Gasteiger partial charge on any atom is 0.0303 e. The van der Waals surface area contributed by atoms with Gasteiger partial charge < -0.3 is 0 Å². The minimum Gasteiger partial charge on any atom is -0.271 e. The lowest BCUT2D eigenvalue weighted by atomic mass is 9.81.